The van der Waals surface area contributed by atoms with Crippen LogP contribution in [-0.4, -0.2) is 48.1 Å². The molecule has 0 radical (unpaired) electrons. The number of anilines is 1. The Morgan fingerprint density at radius 3 is 2.40 bits per heavy atom. The summed E-state index contributed by atoms with van der Waals surface area (Å²) < 4.78 is 44.0. The van der Waals surface area contributed by atoms with Crippen molar-refractivity contribution in [1.29, 1.82) is 0 Å². The number of rotatable bonds is 4. The third-order valence-corrected chi connectivity index (χ3v) is 5.69. The number of pyridine rings is 1. The van der Waals surface area contributed by atoms with Gasteiger partial charge in [-0.15, -0.1) is 0 Å². The lowest BCUT2D eigenvalue weighted by Crippen LogP contribution is -2.52. The van der Waals surface area contributed by atoms with E-state index in [2.05, 4.69) is 4.98 Å². The van der Waals surface area contributed by atoms with Gasteiger partial charge in [0.2, 0.25) is 0 Å². The molecular weight excluding hydrogens is 466 g/mol. The molecule has 0 aliphatic carbocycles. The molecule has 1 unspecified atom stereocenters. The van der Waals surface area contributed by atoms with E-state index in [0.717, 1.165) is 12.3 Å². The summed E-state index contributed by atoms with van der Waals surface area (Å²) in [5.41, 5.74) is -0.907. The van der Waals surface area contributed by atoms with Crippen LogP contribution in [-0.2, 0) is 11.0 Å². The van der Waals surface area contributed by atoms with Crippen molar-refractivity contribution >= 4 is 46.5 Å². The van der Waals surface area contributed by atoms with E-state index in [4.69, 9.17) is 39.5 Å². The lowest BCUT2D eigenvalue weighted by Gasteiger charge is -2.36. The minimum Gasteiger partial charge on any atom is -0.479 e. The molecule has 2 heterocycles. The fourth-order valence-electron chi connectivity index (χ4n) is 3.03. The molecule has 1 aliphatic heterocycles. The van der Waals surface area contributed by atoms with Crippen LogP contribution in [0.25, 0.3) is 0 Å². The topological polar surface area (TPSA) is 45.7 Å². The third kappa shape index (κ3) is 5.04. The summed E-state index contributed by atoms with van der Waals surface area (Å²) in [4.78, 5) is 19.9. The van der Waals surface area contributed by atoms with E-state index in [9.17, 15) is 18.0 Å². The van der Waals surface area contributed by atoms with Crippen molar-refractivity contribution in [3.63, 3.8) is 0 Å². The van der Waals surface area contributed by atoms with E-state index in [-0.39, 0.29) is 21.8 Å². The summed E-state index contributed by atoms with van der Waals surface area (Å²) in [7, 11) is 0. The summed E-state index contributed by atoms with van der Waals surface area (Å²) >= 11 is 18.1. The highest BCUT2D eigenvalue weighted by molar-refractivity contribution is 6.42. The Hall–Kier alpha value is -1.90. The number of hydrogen-bond donors (Lipinski definition) is 0. The largest absolute Gasteiger partial charge is 0.479 e. The highest BCUT2D eigenvalue weighted by Gasteiger charge is 2.33. The van der Waals surface area contributed by atoms with E-state index < -0.39 is 17.8 Å². The first kappa shape index (κ1) is 22.8. The van der Waals surface area contributed by atoms with Gasteiger partial charge >= 0.3 is 6.18 Å². The molecule has 5 nitrogen and oxygen atoms in total. The number of aromatic nitrogens is 1. The zero-order chi connectivity index (χ0) is 22.1. The van der Waals surface area contributed by atoms with Gasteiger partial charge in [-0.2, -0.15) is 13.2 Å². The first-order valence-electron chi connectivity index (χ1n) is 8.95. The molecule has 1 atom stereocenters. The molecule has 2 aromatic rings. The van der Waals surface area contributed by atoms with Crippen LogP contribution in [0.5, 0.6) is 5.75 Å². The predicted molar refractivity (Wildman–Crippen MR) is 110 cm³/mol. The van der Waals surface area contributed by atoms with Gasteiger partial charge in [-0.25, -0.2) is 4.98 Å². The minimum absolute atomic E-state index is 0.0862. The fourth-order valence-corrected chi connectivity index (χ4v) is 3.65. The van der Waals surface area contributed by atoms with Gasteiger partial charge in [-0.1, -0.05) is 40.9 Å². The molecule has 11 heteroatoms. The molecule has 162 valence electrons. The maximum atomic E-state index is 12.8. The van der Waals surface area contributed by atoms with E-state index in [1.807, 2.05) is 0 Å². The van der Waals surface area contributed by atoms with Crippen LogP contribution < -0.4 is 9.64 Å². The van der Waals surface area contributed by atoms with Gasteiger partial charge < -0.3 is 14.5 Å². The van der Waals surface area contributed by atoms with Gasteiger partial charge in [0, 0.05) is 32.4 Å². The first-order chi connectivity index (χ1) is 14.1. The number of carbonyl (C=O) groups excluding carboxylic acids is 1. The monoisotopic (exact) mass is 481 g/mol. The number of amides is 1. The Labute approximate surface area is 186 Å². The zero-order valence-corrected chi connectivity index (χ0v) is 18.0. The number of ether oxygens (including phenoxy) is 1. The van der Waals surface area contributed by atoms with E-state index in [1.54, 1.807) is 34.9 Å². The van der Waals surface area contributed by atoms with E-state index in [0.29, 0.717) is 37.0 Å². The molecule has 1 aromatic carbocycles. The Bertz CT molecular complexity index is 935. The average Bonchev–Trinajstić information content (AvgIpc) is 2.70. The number of benzene rings is 1. The first-order valence-corrected chi connectivity index (χ1v) is 10.1. The molecule has 1 aliphatic rings. The predicted octanol–water partition coefficient (Wildman–Crippen LogP) is 5.18. The molecular formula is C19H17Cl3F3N3O2. The molecule has 0 saturated carbocycles. The quantitative estimate of drug-likeness (QED) is 0.603. The van der Waals surface area contributed by atoms with Gasteiger partial charge in [0.1, 0.15) is 16.6 Å². The van der Waals surface area contributed by atoms with Gasteiger partial charge in [-0.3, -0.25) is 4.79 Å². The number of alkyl halides is 3. The second-order valence-corrected chi connectivity index (χ2v) is 7.84. The van der Waals surface area contributed by atoms with Crippen molar-refractivity contribution in [3.05, 3.63) is 51.1 Å². The van der Waals surface area contributed by atoms with E-state index >= 15 is 0 Å². The number of piperazine rings is 1. The second-order valence-electron chi connectivity index (χ2n) is 6.65. The standard InChI is InChI=1S/C19H17Cl3F3N3O2/c1-11(30-15-4-2-3-13(20)16(15)22)18(29)28-7-5-27(6-8-28)17-14(21)9-12(10-26-17)19(23,24)25/h2-4,9-11H,5-8H2,1H3. The normalized spacial score (nSPS) is 15.8. The molecule has 0 spiro atoms. The van der Waals surface area contributed by atoms with Crippen molar-refractivity contribution < 1.29 is 22.7 Å². The van der Waals surface area contributed by atoms with Crippen LogP contribution in [0.4, 0.5) is 19.0 Å². The number of hydrogen-bond acceptors (Lipinski definition) is 4. The minimum atomic E-state index is -4.51. The van der Waals surface area contributed by atoms with Crippen LogP contribution in [0.1, 0.15) is 12.5 Å². The summed E-state index contributed by atoms with van der Waals surface area (Å²) in [5, 5.41) is 0.465. The highest BCUT2D eigenvalue weighted by atomic mass is 35.5. The Balaban J connectivity index is 1.61. The summed E-state index contributed by atoms with van der Waals surface area (Å²) in [6.07, 6.45) is -4.55. The van der Waals surface area contributed by atoms with Crippen LogP contribution in [0.3, 0.4) is 0 Å². The molecule has 1 aromatic heterocycles. The molecule has 30 heavy (non-hydrogen) atoms. The Kier molecular flexibility index (Phi) is 6.89. The van der Waals surface area contributed by atoms with E-state index in [1.165, 1.54) is 0 Å². The molecule has 0 bridgehead atoms. The molecule has 1 fully saturated rings. The van der Waals surface area contributed by atoms with Crippen molar-refractivity contribution in [2.24, 2.45) is 0 Å². The SMILES string of the molecule is CC(Oc1cccc(Cl)c1Cl)C(=O)N1CCN(c2ncc(C(F)(F)F)cc2Cl)CC1. The van der Waals surface area contributed by atoms with Crippen LogP contribution >= 0.6 is 34.8 Å². The second kappa shape index (κ2) is 9.08. The van der Waals surface area contributed by atoms with Gasteiger partial charge in [-0.05, 0) is 25.1 Å². The van der Waals surface area contributed by atoms with Crippen molar-refractivity contribution in [3.8, 4) is 5.75 Å². The van der Waals surface area contributed by atoms with Crippen molar-refractivity contribution in [2.45, 2.75) is 19.2 Å². The summed E-state index contributed by atoms with van der Waals surface area (Å²) in [5.74, 6) is 0.327. The number of nitrogens with zero attached hydrogens (tertiary/aromatic N) is 3. The molecule has 0 N–H and O–H groups in total. The number of carbonyl (C=O) groups is 1. The van der Waals surface area contributed by atoms with Gasteiger partial charge in [0.25, 0.3) is 5.91 Å². The van der Waals surface area contributed by atoms with Crippen LogP contribution in [0, 0.1) is 0 Å². The number of halogens is 6. The smallest absolute Gasteiger partial charge is 0.417 e. The lowest BCUT2D eigenvalue weighted by molar-refractivity contribution is -0.138. The highest BCUT2D eigenvalue weighted by Crippen LogP contribution is 2.34. The zero-order valence-electron chi connectivity index (χ0n) is 15.7. The summed E-state index contributed by atoms with van der Waals surface area (Å²) in [6, 6.07) is 5.75. The third-order valence-electron chi connectivity index (χ3n) is 4.61. The summed E-state index contributed by atoms with van der Waals surface area (Å²) in [6.45, 7) is 3.03. The maximum absolute atomic E-state index is 12.8. The lowest BCUT2D eigenvalue weighted by atomic mass is 10.2. The van der Waals surface area contributed by atoms with Gasteiger partial charge in [0.05, 0.1) is 15.6 Å². The maximum Gasteiger partial charge on any atom is 0.417 e. The van der Waals surface area contributed by atoms with Crippen LogP contribution in [0.2, 0.25) is 15.1 Å². The van der Waals surface area contributed by atoms with Gasteiger partial charge in [0.15, 0.2) is 6.10 Å². The molecule has 1 saturated heterocycles. The van der Waals surface area contributed by atoms with Crippen LogP contribution in [0.15, 0.2) is 30.5 Å². The molecule has 3 rings (SSSR count). The average molecular weight is 483 g/mol. The Morgan fingerprint density at radius 2 is 1.80 bits per heavy atom. The molecule has 1 amide bonds. The fraction of sp³-hybridized carbons (Fsp3) is 0.368. The van der Waals surface area contributed by atoms with Crippen molar-refractivity contribution in [1.82, 2.24) is 9.88 Å². The Morgan fingerprint density at radius 1 is 1.13 bits per heavy atom. The van der Waals surface area contributed by atoms with Crippen molar-refractivity contribution in [2.75, 3.05) is 31.1 Å².